The molecule has 28 heavy (non-hydrogen) atoms. The molecular formula is C22H25NO5. The van der Waals surface area contributed by atoms with Crippen molar-refractivity contribution in [3.63, 3.8) is 0 Å². The molecule has 0 spiro atoms. The molecule has 0 aliphatic carbocycles. The molecule has 1 saturated heterocycles. The van der Waals surface area contributed by atoms with Crippen molar-refractivity contribution in [2.24, 2.45) is 5.92 Å². The van der Waals surface area contributed by atoms with Crippen molar-refractivity contribution in [3.8, 4) is 23.0 Å². The molecule has 6 heteroatoms. The third-order valence-corrected chi connectivity index (χ3v) is 5.49. The number of rotatable bonds is 5. The fraction of sp³-hybridized carbons (Fsp3) is 0.409. The molecule has 2 aromatic rings. The summed E-state index contributed by atoms with van der Waals surface area (Å²) in [6, 6.07) is 11.5. The Morgan fingerprint density at radius 3 is 2.50 bits per heavy atom. The van der Waals surface area contributed by atoms with Gasteiger partial charge < -0.3 is 23.8 Å². The average molecular weight is 383 g/mol. The Bertz CT molecular complexity index is 858. The van der Waals surface area contributed by atoms with Crippen molar-refractivity contribution in [3.05, 3.63) is 47.5 Å². The van der Waals surface area contributed by atoms with Crippen molar-refractivity contribution in [2.75, 3.05) is 34.1 Å². The van der Waals surface area contributed by atoms with Crippen LogP contribution in [0.2, 0.25) is 0 Å². The van der Waals surface area contributed by atoms with Crippen molar-refractivity contribution in [2.45, 2.75) is 19.3 Å². The van der Waals surface area contributed by atoms with E-state index in [1.54, 1.807) is 32.4 Å². The van der Waals surface area contributed by atoms with Gasteiger partial charge in [-0.25, -0.2) is 0 Å². The zero-order valence-corrected chi connectivity index (χ0v) is 16.3. The third kappa shape index (κ3) is 3.72. The lowest BCUT2D eigenvalue weighted by molar-refractivity contribution is 0.0690. The number of nitrogens with zero attached hydrogens (tertiary/aromatic N) is 1. The number of benzene rings is 2. The molecule has 6 nitrogen and oxygen atoms in total. The van der Waals surface area contributed by atoms with E-state index in [-0.39, 0.29) is 5.91 Å². The van der Waals surface area contributed by atoms with Crippen LogP contribution in [0.5, 0.6) is 23.0 Å². The van der Waals surface area contributed by atoms with E-state index in [2.05, 4.69) is 12.1 Å². The highest BCUT2D eigenvalue weighted by Crippen LogP contribution is 2.34. The van der Waals surface area contributed by atoms with E-state index in [4.69, 9.17) is 18.9 Å². The van der Waals surface area contributed by atoms with Gasteiger partial charge in [-0.2, -0.15) is 0 Å². The molecule has 2 heterocycles. The van der Waals surface area contributed by atoms with Gasteiger partial charge in [-0.3, -0.25) is 4.79 Å². The lowest BCUT2D eigenvalue weighted by atomic mass is 9.90. The zero-order valence-electron chi connectivity index (χ0n) is 16.3. The number of hydrogen-bond donors (Lipinski definition) is 0. The van der Waals surface area contributed by atoms with E-state index in [0.29, 0.717) is 29.8 Å². The Balaban J connectivity index is 1.35. The molecular weight excluding hydrogens is 358 g/mol. The average Bonchev–Trinajstić information content (AvgIpc) is 3.21. The van der Waals surface area contributed by atoms with Crippen molar-refractivity contribution < 1.29 is 23.7 Å². The number of methoxy groups -OCH3 is 2. The smallest absolute Gasteiger partial charge is 0.253 e. The normalized spacial score (nSPS) is 16.1. The fourth-order valence-electron chi connectivity index (χ4n) is 3.89. The predicted octanol–water partition coefficient (Wildman–Crippen LogP) is 3.53. The maximum Gasteiger partial charge on any atom is 0.253 e. The summed E-state index contributed by atoms with van der Waals surface area (Å²) in [4.78, 5) is 14.8. The van der Waals surface area contributed by atoms with E-state index in [0.717, 1.165) is 43.9 Å². The number of carbonyl (C=O) groups is 1. The van der Waals surface area contributed by atoms with Gasteiger partial charge in [0.1, 0.15) is 0 Å². The lowest BCUT2D eigenvalue weighted by Gasteiger charge is -2.32. The summed E-state index contributed by atoms with van der Waals surface area (Å²) in [7, 11) is 3.16. The van der Waals surface area contributed by atoms with Gasteiger partial charge in [-0.1, -0.05) is 6.07 Å². The van der Waals surface area contributed by atoms with E-state index in [1.165, 1.54) is 5.56 Å². The Morgan fingerprint density at radius 1 is 1.00 bits per heavy atom. The summed E-state index contributed by atoms with van der Waals surface area (Å²) < 4.78 is 21.4. The molecule has 0 bridgehead atoms. The Morgan fingerprint density at radius 2 is 1.75 bits per heavy atom. The largest absolute Gasteiger partial charge is 0.493 e. The monoisotopic (exact) mass is 383 g/mol. The highest BCUT2D eigenvalue weighted by Gasteiger charge is 2.25. The van der Waals surface area contributed by atoms with Crippen LogP contribution in [0.15, 0.2) is 36.4 Å². The molecule has 148 valence electrons. The van der Waals surface area contributed by atoms with Crippen LogP contribution < -0.4 is 18.9 Å². The number of fused-ring (bicyclic) bond motifs is 1. The summed E-state index contributed by atoms with van der Waals surface area (Å²) in [6.07, 6.45) is 2.98. The van der Waals surface area contributed by atoms with Crippen LogP contribution >= 0.6 is 0 Å². The molecule has 1 fully saturated rings. The first kappa shape index (κ1) is 18.5. The highest BCUT2D eigenvalue weighted by molar-refractivity contribution is 5.95. The third-order valence-electron chi connectivity index (χ3n) is 5.49. The number of carbonyl (C=O) groups excluding carboxylic acids is 1. The minimum Gasteiger partial charge on any atom is -0.493 e. The van der Waals surface area contributed by atoms with Gasteiger partial charge in [0.05, 0.1) is 14.2 Å². The van der Waals surface area contributed by atoms with E-state index in [9.17, 15) is 4.79 Å². The number of hydrogen-bond acceptors (Lipinski definition) is 5. The predicted molar refractivity (Wildman–Crippen MR) is 104 cm³/mol. The second kappa shape index (κ2) is 8.00. The number of amides is 1. The second-order valence-corrected chi connectivity index (χ2v) is 7.20. The van der Waals surface area contributed by atoms with Crippen LogP contribution in [-0.2, 0) is 6.42 Å². The van der Waals surface area contributed by atoms with Crippen LogP contribution in [0.3, 0.4) is 0 Å². The van der Waals surface area contributed by atoms with Gasteiger partial charge in [0.15, 0.2) is 23.0 Å². The first-order valence-electron chi connectivity index (χ1n) is 9.57. The minimum atomic E-state index is 0.0440. The minimum absolute atomic E-state index is 0.0440. The lowest BCUT2D eigenvalue weighted by Crippen LogP contribution is -2.38. The molecule has 0 saturated carbocycles. The number of piperidine rings is 1. The Hall–Kier alpha value is -2.89. The standard InChI is InChI=1S/C22H25NO5/c1-25-18-6-4-17(13-20(18)26-2)22(24)23-9-7-15(8-10-23)11-16-3-5-19-21(12-16)28-14-27-19/h3-6,12-13,15H,7-11,14H2,1-2H3. The molecule has 2 aliphatic rings. The topological polar surface area (TPSA) is 57.2 Å². The van der Waals surface area contributed by atoms with Crippen LogP contribution in [0, 0.1) is 5.92 Å². The number of likely N-dealkylation sites (tertiary alicyclic amines) is 1. The summed E-state index contributed by atoms with van der Waals surface area (Å²) in [5.41, 5.74) is 1.89. The van der Waals surface area contributed by atoms with Gasteiger partial charge in [0.25, 0.3) is 5.91 Å². The molecule has 0 unspecified atom stereocenters. The molecule has 4 rings (SSSR count). The van der Waals surface area contributed by atoms with E-state index >= 15 is 0 Å². The molecule has 1 amide bonds. The van der Waals surface area contributed by atoms with Gasteiger partial charge >= 0.3 is 0 Å². The maximum absolute atomic E-state index is 12.9. The second-order valence-electron chi connectivity index (χ2n) is 7.20. The summed E-state index contributed by atoms with van der Waals surface area (Å²) in [5, 5.41) is 0. The van der Waals surface area contributed by atoms with E-state index < -0.39 is 0 Å². The van der Waals surface area contributed by atoms with Crippen LogP contribution in [0.25, 0.3) is 0 Å². The van der Waals surface area contributed by atoms with Gasteiger partial charge in [0.2, 0.25) is 6.79 Å². The highest BCUT2D eigenvalue weighted by atomic mass is 16.7. The fourth-order valence-corrected chi connectivity index (χ4v) is 3.89. The summed E-state index contributed by atoms with van der Waals surface area (Å²) >= 11 is 0. The molecule has 0 N–H and O–H groups in total. The first-order chi connectivity index (χ1) is 13.7. The van der Waals surface area contributed by atoms with Gasteiger partial charge in [-0.05, 0) is 61.1 Å². The van der Waals surface area contributed by atoms with Crippen molar-refractivity contribution in [1.82, 2.24) is 4.90 Å². The van der Waals surface area contributed by atoms with Crippen molar-refractivity contribution >= 4 is 5.91 Å². The molecule has 0 atom stereocenters. The van der Waals surface area contributed by atoms with E-state index in [1.807, 2.05) is 11.0 Å². The Labute approximate surface area is 165 Å². The molecule has 0 radical (unpaired) electrons. The molecule has 2 aromatic carbocycles. The van der Waals surface area contributed by atoms with Crippen LogP contribution in [0.4, 0.5) is 0 Å². The molecule has 0 aromatic heterocycles. The van der Waals surface area contributed by atoms with Gasteiger partial charge in [-0.15, -0.1) is 0 Å². The quantitative estimate of drug-likeness (QED) is 0.791. The van der Waals surface area contributed by atoms with Crippen LogP contribution in [-0.4, -0.2) is 44.9 Å². The number of ether oxygens (including phenoxy) is 4. The van der Waals surface area contributed by atoms with Crippen LogP contribution in [0.1, 0.15) is 28.8 Å². The Kier molecular flexibility index (Phi) is 5.28. The SMILES string of the molecule is COc1ccc(C(=O)N2CCC(Cc3ccc4c(c3)OCO4)CC2)cc1OC. The summed E-state index contributed by atoms with van der Waals surface area (Å²) in [6.45, 7) is 1.83. The maximum atomic E-state index is 12.9. The summed E-state index contributed by atoms with van der Waals surface area (Å²) in [5.74, 6) is 3.46. The van der Waals surface area contributed by atoms with Gasteiger partial charge in [0, 0.05) is 18.7 Å². The zero-order chi connectivity index (χ0) is 19.5. The first-order valence-corrected chi connectivity index (χ1v) is 9.57. The molecule has 2 aliphatic heterocycles. The van der Waals surface area contributed by atoms with Crippen molar-refractivity contribution in [1.29, 1.82) is 0 Å².